The highest BCUT2D eigenvalue weighted by Crippen LogP contribution is 2.19. The Morgan fingerprint density at radius 1 is 1.65 bits per heavy atom. The zero-order valence-electron chi connectivity index (χ0n) is 9.89. The van der Waals surface area contributed by atoms with E-state index in [0.29, 0.717) is 5.56 Å². The Kier molecular flexibility index (Phi) is 3.58. The monoisotopic (exact) mass is 235 g/mol. The molecule has 1 unspecified atom stereocenters. The number of aliphatic hydroxyl groups excluding tert-OH is 1. The van der Waals surface area contributed by atoms with Gasteiger partial charge in [-0.3, -0.25) is 4.79 Å². The number of carbonyl (C=O) groups excluding carboxylic acids is 1. The number of carbonyl (C=O) groups is 1. The Bertz CT molecular complexity index is 391. The van der Waals surface area contributed by atoms with Crippen molar-refractivity contribution in [1.29, 1.82) is 0 Å². The molecular formula is C12H17N3O2. The van der Waals surface area contributed by atoms with Gasteiger partial charge in [0.25, 0.3) is 5.91 Å². The molecule has 1 aromatic rings. The number of nitrogens with one attached hydrogen (secondary N) is 1. The van der Waals surface area contributed by atoms with Gasteiger partial charge in [-0.2, -0.15) is 0 Å². The number of hydrogen-bond acceptors (Lipinski definition) is 4. The standard InChI is InChI=1S/C12H17N3O2/c1-13-11-5-4-9(7-14-11)12(17)15-6-2-3-10(15)8-16/h4-5,7,10,16H,2-3,6,8H2,1H3,(H,13,14). The summed E-state index contributed by atoms with van der Waals surface area (Å²) in [6.45, 7) is 0.756. The van der Waals surface area contributed by atoms with E-state index in [1.165, 1.54) is 0 Å². The van der Waals surface area contributed by atoms with Gasteiger partial charge in [-0.25, -0.2) is 4.98 Å². The molecule has 1 saturated heterocycles. The Morgan fingerprint density at radius 2 is 2.47 bits per heavy atom. The third kappa shape index (κ3) is 2.39. The molecule has 1 aromatic heterocycles. The zero-order chi connectivity index (χ0) is 12.3. The van der Waals surface area contributed by atoms with Crippen molar-refractivity contribution in [2.24, 2.45) is 0 Å². The zero-order valence-corrected chi connectivity index (χ0v) is 9.89. The van der Waals surface area contributed by atoms with Crippen molar-refractivity contribution in [2.75, 3.05) is 25.5 Å². The average Bonchev–Trinajstić information content (AvgIpc) is 2.86. The fourth-order valence-electron chi connectivity index (χ4n) is 2.13. The predicted octanol–water partition coefficient (Wildman–Crippen LogP) is 0.720. The quantitative estimate of drug-likeness (QED) is 0.810. The number of rotatable bonds is 3. The van der Waals surface area contributed by atoms with Crippen LogP contribution in [0.15, 0.2) is 18.3 Å². The SMILES string of the molecule is CNc1ccc(C(=O)N2CCCC2CO)cn1. The molecule has 1 aliphatic rings. The van der Waals surface area contributed by atoms with Crippen molar-refractivity contribution >= 4 is 11.7 Å². The second kappa shape index (κ2) is 5.14. The Balaban J connectivity index is 2.13. The highest BCUT2D eigenvalue weighted by atomic mass is 16.3. The summed E-state index contributed by atoms with van der Waals surface area (Å²) in [7, 11) is 1.78. The van der Waals surface area contributed by atoms with Crippen LogP contribution in [0.1, 0.15) is 23.2 Å². The molecule has 2 rings (SSSR count). The van der Waals surface area contributed by atoms with Crippen molar-refractivity contribution in [3.05, 3.63) is 23.9 Å². The second-order valence-corrected chi connectivity index (χ2v) is 4.16. The van der Waals surface area contributed by atoms with E-state index in [1.807, 2.05) is 0 Å². The second-order valence-electron chi connectivity index (χ2n) is 4.16. The number of pyridine rings is 1. The highest BCUT2D eigenvalue weighted by Gasteiger charge is 2.28. The topological polar surface area (TPSA) is 65.5 Å². The third-order valence-corrected chi connectivity index (χ3v) is 3.12. The normalized spacial score (nSPS) is 19.4. The lowest BCUT2D eigenvalue weighted by Crippen LogP contribution is -2.37. The van der Waals surface area contributed by atoms with Gasteiger partial charge in [0.2, 0.25) is 0 Å². The largest absolute Gasteiger partial charge is 0.394 e. The molecule has 0 bridgehead atoms. The molecule has 17 heavy (non-hydrogen) atoms. The number of nitrogens with zero attached hydrogens (tertiary/aromatic N) is 2. The minimum atomic E-state index is -0.0447. The number of likely N-dealkylation sites (tertiary alicyclic amines) is 1. The van der Waals surface area contributed by atoms with Gasteiger partial charge in [0, 0.05) is 19.8 Å². The van der Waals surface area contributed by atoms with E-state index in [-0.39, 0.29) is 18.6 Å². The van der Waals surface area contributed by atoms with Crippen LogP contribution in [0, 0.1) is 0 Å². The summed E-state index contributed by atoms with van der Waals surface area (Å²) >= 11 is 0. The Labute approximate surface area is 100 Å². The van der Waals surface area contributed by atoms with Crippen LogP contribution in [0.25, 0.3) is 0 Å². The van der Waals surface area contributed by atoms with Gasteiger partial charge in [-0.15, -0.1) is 0 Å². The Morgan fingerprint density at radius 3 is 3.06 bits per heavy atom. The van der Waals surface area contributed by atoms with Crippen molar-refractivity contribution in [2.45, 2.75) is 18.9 Å². The summed E-state index contributed by atoms with van der Waals surface area (Å²) < 4.78 is 0. The summed E-state index contributed by atoms with van der Waals surface area (Å²) in [6, 6.07) is 3.50. The van der Waals surface area contributed by atoms with E-state index in [9.17, 15) is 9.90 Å². The molecule has 0 spiro atoms. The maximum absolute atomic E-state index is 12.2. The smallest absolute Gasteiger partial charge is 0.255 e. The molecule has 1 atom stereocenters. The molecule has 0 saturated carbocycles. The van der Waals surface area contributed by atoms with Crippen LogP contribution in [-0.2, 0) is 0 Å². The van der Waals surface area contributed by atoms with Crippen molar-refractivity contribution in [1.82, 2.24) is 9.88 Å². The molecule has 2 heterocycles. The maximum atomic E-state index is 12.2. The molecule has 1 fully saturated rings. The van der Waals surface area contributed by atoms with Gasteiger partial charge >= 0.3 is 0 Å². The minimum Gasteiger partial charge on any atom is -0.394 e. The fourth-order valence-corrected chi connectivity index (χ4v) is 2.13. The van der Waals surface area contributed by atoms with Gasteiger partial charge < -0.3 is 15.3 Å². The molecule has 0 radical (unpaired) electrons. The van der Waals surface area contributed by atoms with Crippen LogP contribution in [0.5, 0.6) is 0 Å². The summed E-state index contributed by atoms with van der Waals surface area (Å²) in [5.74, 6) is 0.693. The van der Waals surface area contributed by atoms with Crippen LogP contribution in [0.3, 0.4) is 0 Å². The number of aromatic nitrogens is 1. The van der Waals surface area contributed by atoms with E-state index in [1.54, 1.807) is 30.3 Å². The summed E-state index contributed by atoms with van der Waals surface area (Å²) in [5, 5.41) is 12.1. The first-order valence-corrected chi connectivity index (χ1v) is 5.82. The van der Waals surface area contributed by atoms with Crippen molar-refractivity contribution < 1.29 is 9.90 Å². The van der Waals surface area contributed by atoms with Crippen LogP contribution in [0.2, 0.25) is 0 Å². The first-order valence-electron chi connectivity index (χ1n) is 5.82. The van der Waals surface area contributed by atoms with Gasteiger partial charge in [0.05, 0.1) is 18.2 Å². The summed E-state index contributed by atoms with van der Waals surface area (Å²) in [5.41, 5.74) is 0.573. The third-order valence-electron chi connectivity index (χ3n) is 3.12. The molecular weight excluding hydrogens is 218 g/mol. The molecule has 1 aliphatic heterocycles. The van der Waals surface area contributed by atoms with Gasteiger partial charge in [0.15, 0.2) is 0 Å². The predicted molar refractivity (Wildman–Crippen MR) is 64.9 cm³/mol. The van der Waals surface area contributed by atoms with Crippen LogP contribution >= 0.6 is 0 Å². The fraction of sp³-hybridized carbons (Fsp3) is 0.500. The molecule has 5 heteroatoms. The molecule has 0 aliphatic carbocycles. The Hall–Kier alpha value is -1.62. The van der Waals surface area contributed by atoms with Crippen LogP contribution in [-0.4, -0.2) is 47.1 Å². The average molecular weight is 235 g/mol. The lowest BCUT2D eigenvalue weighted by Gasteiger charge is -2.22. The van der Waals surface area contributed by atoms with Crippen LogP contribution < -0.4 is 5.32 Å². The first-order chi connectivity index (χ1) is 8.26. The number of amides is 1. The summed E-state index contributed by atoms with van der Waals surface area (Å²) in [6.07, 6.45) is 3.41. The van der Waals surface area contributed by atoms with E-state index in [4.69, 9.17) is 0 Å². The number of hydrogen-bond donors (Lipinski definition) is 2. The van der Waals surface area contributed by atoms with E-state index >= 15 is 0 Å². The molecule has 92 valence electrons. The lowest BCUT2D eigenvalue weighted by molar-refractivity contribution is 0.0677. The van der Waals surface area contributed by atoms with Gasteiger partial charge in [-0.1, -0.05) is 0 Å². The van der Waals surface area contributed by atoms with Crippen molar-refractivity contribution in [3.8, 4) is 0 Å². The van der Waals surface area contributed by atoms with Gasteiger partial charge in [0.1, 0.15) is 5.82 Å². The van der Waals surface area contributed by atoms with Gasteiger partial charge in [-0.05, 0) is 25.0 Å². The van der Waals surface area contributed by atoms with Crippen LogP contribution in [0.4, 0.5) is 5.82 Å². The molecule has 0 aromatic carbocycles. The highest BCUT2D eigenvalue weighted by molar-refractivity contribution is 5.94. The van der Waals surface area contributed by atoms with E-state index in [0.717, 1.165) is 25.2 Å². The maximum Gasteiger partial charge on any atom is 0.255 e. The molecule has 5 nitrogen and oxygen atoms in total. The van der Waals surface area contributed by atoms with E-state index < -0.39 is 0 Å². The first kappa shape index (κ1) is 11.9. The molecule has 2 N–H and O–H groups in total. The number of aliphatic hydroxyl groups is 1. The van der Waals surface area contributed by atoms with E-state index in [2.05, 4.69) is 10.3 Å². The minimum absolute atomic E-state index is 0.0355. The lowest BCUT2D eigenvalue weighted by atomic mass is 10.2. The van der Waals surface area contributed by atoms with Crippen molar-refractivity contribution in [3.63, 3.8) is 0 Å². The molecule has 1 amide bonds. The summed E-state index contributed by atoms with van der Waals surface area (Å²) in [4.78, 5) is 18.0. The number of anilines is 1.